The fourth-order valence-corrected chi connectivity index (χ4v) is 4.82. The molecule has 0 unspecified atom stereocenters. The van der Waals surface area contributed by atoms with Crippen LogP contribution in [0.4, 0.5) is 0 Å². The highest BCUT2D eigenvalue weighted by atomic mass is 127. The number of hydrogen-bond acceptors (Lipinski definition) is 4. The maximum atomic E-state index is 12.8. The Morgan fingerprint density at radius 3 is 2.19 bits per heavy atom. The number of phenols is 1. The highest BCUT2D eigenvalue weighted by molar-refractivity contribution is 14.1. The van der Waals surface area contributed by atoms with Crippen LogP contribution in [0, 0.1) is 7.14 Å². The lowest BCUT2D eigenvalue weighted by Crippen LogP contribution is -2.36. The summed E-state index contributed by atoms with van der Waals surface area (Å²) in [4.78, 5) is 25.6. The zero-order chi connectivity index (χ0) is 18.4. The molecule has 1 aliphatic rings. The number of hydrogen-bond donors (Lipinski definition) is 1. The third kappa shape index (κ3) is 2.78. The number of hydrazone groups is 1. The van der Waals surface area contributed by atoms with Crippen molar-refractivity contribution in [3.8, 4) is 5.75 Å². The fraction of sp³-hybridized carbons (Fsp3) is 0. The van der Waals surface area contributed by atoms with Gasteiger partial charge in [0.1, 0.15) is 5.75 Å². The van der Waals surface area contributed by atoms with Gasteiger partial charge in [-0.1, -0.05) is 24.3 Å². The topological polar surface area (TPSA) is 70.0 Å². The van der Waals surface area contributed by atoms with Gasteiger partial charge in [0, 0.05) is 14.5 Å². The lowest BCUT2D eigenvalue weighted by Gasteiger charge is -2.23. The molecule has 0 fully saturated rings. The van der Waals surface area contributed by atoms with Crippen molar-refractivity contribution in [1.29, 1.82) is 0 Å². The van der Waals surface area contributed by atoms with Gasteiger partial charge in [-0.2, -0.15) is 10.1 Å². The second-order valence-electron chi connectivity index (χ2n) is 5.70. The summed E-state index contributed by atoms with van der Waals surface area (Å²) in [5.41, 5.74) is 1.33. The van der Waals surface area contributed by atoms with E-state index in [-0.39, 0.29) is 5.75 Å². The van der Waals surface area contributed by atoms with Gasteiger partial charge >= 0.3 is 0 Å². The van der Waals surface area contributed by atoms with Gasteiger partial charge in [0.05, 0.1) is 20.9 Å². The maximum absolute atomic E-state index is 12.8. The van der Waals surface area contributed by atoms with Crippen molar-refractivity contribution in [2.24, 2.45) is 5.10 Å². The van der Waals surface area contributed by atoms with E-state index in [2.05, 4.69) is 27.7 Å². The molecule has 0 atom stereocenters. The van der Waals surface area contributed by atoms with E-state index in [9.17, 15) is 14.7 Å². The number of aromatic hydroxyl groups is 1. The van der Waals surface area contributed by atoms with Gasteiger partial charge in [0.15, 0.2) is 0 Å². The molecule has 1 aliphatic heterocycles. The Bertz CT molecular complexity index is 1070. The summed E-state index contributed by atoms with van der Waals surface area (Å²) >= 11 is 4.15. The number of carbonyl (C=O) groups is 2. The first kappa shape index (κ1) is 17.4. The van der Waals surface area contributed by atoms with Crippen molar-refractivity contribution in [3.63, 3.8) is 0 Å². The Hall–Kier alpha value is -2.01. The Kier molecular flexibility index (Phi) is 4.43. The van der Waals surface area contributed by atoms with Gasteiger partial charge in [-0.05, 0) is 74.8 Å². The van der Waals surface area contributed by atoms with E-state index < -0.39 is 11.8 Å². The van der Waals surface area contributed by atoms with Crippen LogP contribution in [0.1, 0.15) is 26.3 Å². The number of imide groups is 1. The number of nitrogens with zero attached hydrogens (tertiary/aromatic N) is 2. The SMILES string of the molecule is O=C1c2cccc3cccc(c23)C(=O)N1/N=C\c1cc(I)cc(I)c1O. The van der Waals surface area contributed by atoms with E-state index in [0.29, 0.717) is 25.6 Å². The number of carbonyl (C=O) groups excluding carboxylic acids is 2. The Balaban J connectivity index is 1.80. The number of rotatable bonds is 2. The number of benzene rings is 3. The average Bonchev–Trinajstić information content (AvgIpc) is 2.63. The van der Waals surface area contributed by atoms with Crippen molar-refractivity contribution in [3.05, 3.63) is 72.4 Å². The van der Waals surface area contributed by atoms with Crippen molar-refractivity contribution in [2.75, 3.05) is 0 Å². The van der Waals surface area contributed by atoms with E-state index in [1.807, 2.05) is 40.8 Å². The lowest BCUT2D eigenvalue weighted by atomic mass is 9.95. The molecule has 0 spiro atoms. The smallest absolute Gasteiger partial charge is 0.282 e. The van der Waals surface area contributed by atoms with E-state index in [0.717, 1.165) is 14.0 Å². The molecule has 2 amide bonds. The summed E-state index contributed by atoms with van der Waals surface area (Å²) in [5, 5.41) is 16.6. The average molecular weight is 568 g/mol. The summed E-state index contributed by atoms with van der Waals surface area (Å²) in [6.07, 6.45) is 1.34. The molecule has 3 aromatic carbocycles. The molecule has 0 bridgehead atoms. The van der Waals surface area contributed by atoms with Crippen LogP contribution in [-0.4, -0.2) is 28.1 Å². The molecule has 4 rings (SSSR count). The van der Waals surface area contributed by atoms with Crippen LogP contribution in [0.15, 0.2) is 53.6 Å². The van der Waals surface area contributed by atoms with Gasteiger partial charge in [0.2, 0.25) is 0 Å². The van der Waals surface area contributed by atoms with Gasteiger partial charge < -0.3 is 5.11 Å². The molecule has 0 saturated heterocycles. The van der Waals surface area contributed by atoms with Gasteiger partial charge in [-0.15, -0.1) is 0 Å². The predicted molar refractivity (Wildman–Crippen MR) is 116 cm³/mol. The van der Waals surface area contributed by atoms with Gasteiger partial charge in [0.25, 0.3) is 11.8 Å². The number of amides is 2. The summed E-state index contributed by atoms with van der Waals surface area (Å²) in [6.45, 7) is 0. The molecule has 1 heterocycles. The van der Waals surface area contributed by atoms with Crippen molar-refractivity contribution >= 4 is 74.0 Å². The molecular weight excluding hydrogens is 558 g/mol. The van der Waals surface area contributed by atoms with Crippen LogP contribution >= 0.6 is 45.2 Å². The second kappa shape index (κ2) is 6.62. The molecule has 5 nitrogen and oxygen atoms in total. The molecule has 0 saturated carbocycles. The van der Waals surface area contributed by atoms with Crippen LogP contribution < -0.4 is 0 Å². The van der Waals surface area contributed by atoms with Gasteiger partial charge in [-0.25, -0.2) is 0 Å². The molecule has 1 N–H and O–H groups in total. The molecule has 0 radical (unpaired) electrons. The Labute approximate surface area is 176 Å². The van der Waals surface area contributed by atoms with Crippen molar-refractivity contribution in [1.82, 2.24) is 5.01 Å². The first-order chi connectivity index (χ1) is 12.5. The van der Waals surface area contributed by atoms with Crippen LogP contribution in [0.25, 0.3) is 10.8 Å². The third-order valence-corrected chi connectivity index (χ3v) is 5.57. The quantitative estimate of drug-likeness (QED) is 0.284. The zero-order valence-electron chi connectivity index (χ0n) is 13.1. The second-order valence-corrected chi connectivity index (χ2v) is 8.11. The van der Waals surface area contributed by atoms with E-state index in [1.54, 1.807) is 30.3 Å². The molecule has 3 aromatic rings. The van der Waals surface area contributed by atoms with Gasteiger partial charge in [-0.3, -0.25) is 9.59 Å². The van der Waals surface area contributed by atoms with Crippen LogP contribution in [0.3, 0.4) is 0 Å². The summed E-state index contributed by atoms with van der Waals surface area (Å²) < 4.78 is 1.58. The highest BCUT2D eigenvalue weighted by Gasteiger charge is 2.32. The van der Waals surface area contributed by atoms with Crippen molar-refractivity contribution < 1.29 is 14.7 Å². The summed E-state index contributed by atoms with van der Waals surface area (Å²) in [5.74, 6) is -0.889. The van der Waals surface area contributed by atoms with Crippen LogP contribution in [-0.2, 0) is 0 Å². The number of phenolic OH excluding ortho intramolecular Hbond substituents is 1. The van der Waals surface area contributed by atoms with Crippen LogP contribution in [0.2, 0.25) is 0 Å². The van der Waals surface area contributed by atoms with E-state index in [1.165, 1.54) is 6.21 Å². The minimum absolute atomic E-state index is 0.0641. The first-order valence-electron chi connectivity index (χ1n) is 7.60. The number of halogens is 2. The van der Waals surface area contributed by atoms with E-state index >= 15 is 0 Å². The summed E-state index contributed by atoms with van der Waals surface area (Å²) in [7, 11) is 0. The molecule has 0 aliphatic carbocycles. The normalized spacial score (nSPS) is 13.8. The summed E-state index contributed by atoms with van der Waals surface area (Å²) in [6, 6.07) is 14.2. The largest absolute Gasteiger partial charge is 0.506 e. The predicted octanol–water partition coefficient (Wildman–Crippen LogP) is 4.38. The Morgan fingerprint density at radius 2 is 1.58 bits per heavy atom. The molecule has 26 heavy (non-hydrogen) atoms. The molecular formula is C19H10I2N2O3. The zero-order valence-corrected chi connectivity index (χ0v) is 17.4. The molecule has 0 aromatic heterocycles. The van der Waals surface area contributed by atoms with Crippen LogP contribution in [0.5, 0.6) is 5.75 Å². The minimum atomic E-state index is -0.477. The highest BCUT2D eigenvalue weighted by Crippen LogP contribution is 2.30. The first-order valence-corrected chi connectivity index (χ1v) is 9.75. The third-order valence-electron chi connectivity index (χ3n) is 4.12. The standard InChI is InChI=1S/C19H10I2N2O3/c20-12-7-11(17(24)15(21)8-12)9-22-23-18(25)13-5-1-3-10-4-2-6-14(16(10)13)19(23)26/h1-9,24H/b22-9-. The molecule has 7 heteroatoms. The minimum Gasteiger partial charge on any atom is -0.506 e. The molecule has 128 valence electrons. The Morgan fingerprint density at radius 1 is 0.962 bits per heavy atom. The fourth-order valence-electron chi connectivity index (χ4n) is 2.93. The monoisotopic (exact) mass is 568 g/mol. The maximum Gasteiger partial charge on any atom is 0.282 e. The lowest BCUT2D eigenvalue weighted by molar-refractivity contribution is 0.0616. The van der Waals surface area contributed by atoms with Crippen molar-refractivity contribution in [2.45, 2.75) is 0 Å². The van der Waals surface area contributed by atoms with E-state index in [4.69, 9.17) is 0 Å².